The number of thiophene rings is 1. The summed E-state index contributed by atoms with van der Waals surface area (Å²) in [5, 5.41) is 71.4. The fourth-order valence-corrected chi connectivity index (χ4v) is 8.05. The second-order valence-electron chi connectivity index (χ2n) is 9.16. The molecule has 2 aliphatic heterocycles. The first-order valence-corrected chi connectivity index (χ1v) is 16.5. The number of phosphoric acid groups is 1. The Morgan fingerprint density at radius 1 is 1.29 bits per heavy atom. The monoisotopic (exact) mass is 686 g/mol. The molecule has 0 bridgehead atoms. The van der Waals surface area contributed by atoms with E-state index in [0.29, 0.717) is 6.08 Å². The molecule has 0 radical (unpaired) electrons. The van der Waals surface area contributed by atoms with Crippen LogP contribution < -0.4 is 11.5 Å². The number of phosphoric ester groups is 1. The van der Waals surface area contributed by atoms with Gasteiger partial charge in [0, 0.05) is 5.56 Å². The lowest BCUT2D eigenvalue weighted by Crippen LogP contribution is -2.61. The zero-order valence-corrected chi connectivity index (χ0v) is 24.4. The maximum Gasteiger partial charge on any atom is 0.481 e. The first-order valence-electron chi connectivity index (χ1n) is 11.5. The summed E-state index contributed by atoms with van der Waals surface area (Å²) in [6, 6.07) is 0. The van der Waals surface area contributed by atoms with Crippen LogP contribution >= 0.6 is 25.9 Å². The van der Waals surface area contributed by atoms with Crippen molar-refractivity contribution >= 4 is 49.3 Å². The molecule has 12 atom stereocenters. The smallest absolute Gasteiger partial charge is 0.397 e. The number of aliphatic hydroxyl groups is 7. The number of amides is 1. The maximum absolute atomic E-state index is 15.8. The number of hydrogen-bond acceptors (Lipinski definition) is 17. The van der Waals surface area contributed by atoms with Crippen molar-refractivity contribution in [3.05, 3.63) is 28.5 Å². The Morgan fingerprint density at radius 2 is 1.90 bits per heavy atom. The standard InChI is InChI=1S/C19H29FN2O16P2S2/c1-2-18(30)14(6-4-42-13(8(6)21)15(22)28)36-19(20,17(18)29)5-34-40(33,41)38-39(31,32)37-16-11(27)9(25)10(26)12(35-16)7(24)3-23/h2,4,7,9-12,14,16-17,23-27,29-30H,1,3,5,21H2,(H2,22,28)(H,31,32)(H,33,41)/t7-,9?,10?,11?,12?,14-,16?,17-,18-,19+,40?/m0/s1. The Bertz CT molecular complexity index is 1280. The largest absolute Gasteiger partial charge is 0.481 e. The van der Waals surface area contributed by atoms with E-state index in [2.05, 4.69) is 27.2 Å². The number of halogens is 1. The van der Waals surface area contributed by atoms with Crippen LogP contribution in [0.3, 0.4) is 0 Å². The van der Waals surface area contributed by atoms with Crippen LogP contribution in [0.15, 0.2) is 18.0 Å². The summed E-state index contributed by atoms with van der Waals surface area (Å²) in [5.41, 5.74) is 8.02. The van der Waals surface area contributed by atoms with E-state index in [1.807, 2.05) is 0 Å². The minimum absolute atomic E-state index is 0.161. The third kappa shape index (κ3) is 6.94. The van der Waals surface area contributed by atoms with E-state index in [0.717, 1.165) is 11.3 Å². The molecule has 2 fully saturated rings. The van der Waals surface area contributed by atoms with Gasteiger partial charge in [0.05, 0.1) is 12.3 Å². The summed E-state index contributed by atoms with van der Waals surface area (Å²) in [4.78, 5) is 31.8. The van der Waals surface area contributed by atoms with Crippen molar-refractivity contribution in [1.29, 1.82) is 0 Å². The van der Waals surface area contributed by atoms with Gasteiger partial charge in [0.2, 0.25) is 0 Å². The van der Waals surface area contributed by atoms with Crippen LogP contribution in [-0.4, -0.2) is 119 Å². The van der Waals surface area contributed by atoms with E-state index in [9.17, 15) is 49.8 Å². The summed E-state index contributed by atoms with van der Waals surface area (Å²) in [6.07, 6.45) is -15.9. The van der Waals surface area contributed by atoms with Crippen molar-refractivity contribution in [1.82, 2.24) is 0 Å². The number of carbonyl (C=O) groups excluding carboxylic acids is 1. The fraction of sp³-hybridized carbons (Fsp3) is 0.632. The average molecular weight is 687 g/mol. The molecule has 0 spiro atoms. The van der Waals surface area contributed by atoms with Gasteiger partial charge >= 0.3 is 14.5 Å². The number of anilines is 1. The van der Waals surface area contributed by atoms with Crippen LogP contribution in [0.4, 0.5) is 10.1 Å². The van der Waals surface area contributed by atoms with Gasteiger partial charge in [-0.05, 0) is 17.2 Å². The molecule has 7 unspecified atom stereocenters. The molecular formula is C19H29FN2O16P2S2. The van der Waals surface area contributed by atoms with E-state index in [1.54, 1.807) is 0 Å². The van der Waals surface area contributed by atoms with Gasteiger partial charge in [-0.3, -0.25) is 9.32 Å². The summed E-state index contributed by atoms with van der Waals surface area (Å²) < 4.78 is 52.1. The van der Waals surface area contributed by atoms with Crippen LogP contribution in [0, 0.1) is 0 Å². The van der Waals surface area contributed by atoms with Crippen LogP contribution in [0.2, 0.25) is 0 Å². The molecule has 1 aromatic heterocycles. The summed E-state index contributed by atoms with van der Waals surface area (Å²) in [6.45, 7) is -4.22. The Morgan fingerprint density at radius 3 is 2.43 bits per heavy atom. The third-order valence-corrected chi connectivity index (χ3v) is 10.8. The quantitative estimate of drug-likeness (QED) is 0.0769. The van der Waals surface area contributed by atoms with Crippen molar-refractivity contribution in [2.24, 2.45) is 5.73 Å². The SMILES string of the molecule is C=C[C@]1(O)[C@H](c2csc(C(N)=O)c2N)O[C@](F)(COP(O)(=S)OP(=O)(O)OC2OC([C@@H](O)CO)C(O)C(O)C2O)[C@H]1O. The molecule has 3 heterocycles. The normalized spacial score (nSPS) is 38.9. The molecule has 42 heavy (non-hydrogen) atoms. The van der Waals surface area contributed by atoms with Gasteiger partial charge < -0.3 is 71.0 Å². The predicted molar refractivity (Wildman–Crippen MR) is 140 cm³/mol. The van der Waals surface area contributed by atoms with Crippen molar-refractivity contribution in [2.45, 2.75) is 60.5 Å². The number of primary amides is 1. The van der Waals surface area contributed by atoms with E-state index in [4.69, 9.17) is 30.6 Å². The highest BCUT2D eigenvalue weighted by Crippen LogP contribution is 2.62. The summed E-state index contributed by atoms with van der Waals surface area (Å²) in [5.74, 6) is -4.35. The van der Waals surface area contributed by atoms with Gasteiger partial charge in [0.15, 0.2) is 12.4 Å². The highest BCUT2D eigenvalue weighted by molar-refractivity contribution is 8.08. The number of aliphatic hydroxyl groups excluding tert-OH is 6. The Balaban J connectivity index is 1.74. The minimum atomic E-state index is -5.64. The van der Waals surface area contributed by atoms with E-state index in [-0.39, 0.29) is 16.1 Å². The van der Waals surface area contributed by atoms with Gasteiger partial charge in [-0.1, -0.05) is 6.08 Å². The van der Waals surface area contributed by atoms with Crippen molar-refractivity contribution in [2.75, 3.05) is 18.9 Å². The van der Waals surface area contributed by atoms with Crippen LogP contribution in [0.25, 0.3) is 0 Å². The molecule has 1 amide bonds. The summed E-state index contributed by atoms with van der Waals surface area (Å²) >= 11 is 5.32. The zero-order chi connectivity index (χ0) is 32.0. The molecule has 2 saturated heterocycles. The number of carbonyl (C=O) groups is 1. The van der Waals surface area contributed by atoms with Crippen LogP contribution in [-0.2, 0) is 39.2 Å². The lowest BCUT2D eigenvalue weighted by molar-refractivity contribution is -0.292. The number of hydrogen-bond donors (Lipinski definition) is 11. The summed E-state index contributed by atoms with van der Waals surface area (Å²) in [7, 11) is -5.64. The van der Waals surface area contributed by atoms with Crippen molar-refractivity contribution in [3.8, 4) is 0 Å². The molecule has 0 aliphatic carbocycles. The van der Waals surface area contributed by atoms with Crippen LogP contribution in [0.1, 0.15) is 21.3 Å². The first kappa shape index (κ1) is 35.4. The molecule has 2 aliphatic rings. The molecule has 240 valence electrons. The van der Waals surface area contributed by atoms with E-state index >= 15 is 4.39 Å². The van der Waals surface area contributed by atoms with Crippen molar-refractivity contribution < 1.29 is 82.1 Å². The highest BCUT2D eigenvalue weighted by atomic mass is 32.5. The highest BCUT2D eigenvalue weighted by Gasteiger charge is 2.64. The fourth-order valence-electron chi connectivity index (χ4n) is 4.12. The van der Waals surface area contributed by atoms with Gasteiger partial charge in [-0.2, -0.15) is 0 Å². The molecule has 23 heteroatoms. The molecule has 0 saturated carbocycles. The lowest BCUT2D eigenvalue weighted by atomic mass is 9.87. The number of nitrogens with two attached hydrogens (primary N) is 2. The second kappa shape index (κ2) is 12.8. The topological polar surface area (TPSA) is 314 Å². The molecule has 13 N–H and O–H groups in total. The molecule has 18 nitrogen and oxygen atoms in total. The van der Waals surface area contributed by atoms with E-state index in [1.165, 1.54) is 5.38 Å². The molecule has 3 rings (SSSR count). The third-order valence-electron chi connectivity index (χ3n) is 6.31. The minimum Gasteiger partial charge on any atom is -0.397 e. The number of rotatable bonds is 12. The molecule has 1 aromatic rings. The average Bonchev–Trinajstić information content (AvgIpc) is 3.38. The van der Waals surface area contributed by atoms with Gasteiger partial charge in [-0.15, -0.1) is 17.9 Å². The second-order valence-corrected chi connectivity index (χ2v) is 14.4. The Labute approximate surface area is 244 Å². The predicted octanol–water partition coefficient (Wildman–Crippen LogP) is -3.03. The van der Waals surface area contributed by atoms with Crippen LogP contribution in [0.5, 0.6) is 0 Å². The molecular weight excluding hydrogens is 657 g/mol. The lowest BCUT2D eigenvalue weighted by Gasteiger charge is -2.41. The number of ether oxygens (including phenoxy) is 2. The number of nitrogen functional groups attached to an aromatic ring is 1. The number of alkyl halides is 1. The Hall–Kier alpha value is -1.04. The van der Waals surface area contributed by atoms with E-state index < -0.39 is 94.1 Å². The van der Waals surface area contributed by atoms with Gasteiger partial charge in [0.25, 0.3) is 11.8 Å². The first-order chi connectivity index (χ1) is 19.2. The maximum atomic E-state index is 15.8. The van der Waals surface area contributed by atoms with Gasteiger partial charge in [-0.25, -0.2) is 13.3 Å². The molecule has 0 aromatic carbocycles. The van der Waals surface area contributed by atoms with Gasteiger partial charge in [0.1, 0.15) is 53.7 Å². The zero-order valence-electron chi connectivity index (χ0n) is 21.0. The van der Waals surface area contributed by atoms with Crippen molar-refractivity contribution in [3.63, 3.8) is 0 Å². The Kier molecular flexibility index (Phi) is 10.8.